The normalized spacial score (nSPS) is 18.9. The van der Waals surface area contributed by atoms with Crippen LogP contribution in [0.15, 0.2) is 6.07 Å². The summed E-state index contributed by atoms with van der Waals surface area (Å²) in [4.78, 5) is 9.02. The van der Waals surface area contributed by atoms with Gasteiger partial charge >= 0.3 is 0 Å². The molecule has 0 bridgehead atoms. The number of hydrogen-bond donors (Lipinski definition) is 0. The van der Waals surface area contributed by atoms with Crippen molar-refractivity contribution < 1.29 is 4.74 Å². The highest BCUT2D eigenvalue weighted by atomic mass is 35.5. The van der Waals surface area contributed by atoms with Crippen molar-refractivity contribution >= 4 is 11.6 Å². The molecule has 88 valence electrons. The van der Waals surface area contributed by atoms with Gasteiger partial charge in [0.25, 0.3) is 0 Å². The molecule has 0 aliphatic heterocycles. The van der Waals surface area contributed by atoms with Crippen LogP contribution in [0.25, 0.3) is 0 Å². The first-order chi connectivity index (χ1) is 7.70. The van der Waals surface area contributed by atoms with E-state index in [0.717, 1.165) is 30.1 Å². The Morgan fingerprint density at radius 2 is 2.06 bits per heavy atom. The van der Waals surface area contributed by atoms with Crippen molar-refractivity contribution in [2.24, 2.45) is 0 Å². The Kier molecular flexibility index (Phi) is 3.45. The number of rotatable bonds is 3. The van der Waals surface area contributed by atoms with Gasteiger partial charge in [0.05, 0.1) is 11.6 Å². The number of aryl methyl sites for hydroxylation is 1. The Balaban J connectivity index is 2.41. The zero-order chi connectivity index (χ0) is 11.6. The van der Waals surface area contributed by atoms with Gasteiger partial charge in [-0.1, -0.05) is 0 Å². The first-order valence-corrected chi connectivity index (χ1v) is 6.20. The van der Waals surface area contributed by atoms with Gasteiger partial charge in [-0.3, -0.25) is 0 Å². The van der Waals surface area contributed by atoms with E-state index in [0.29, 0.717) is 5.88 Å². The Morgan fingerprint density at radius 1 is 1.38 bits per heavy atom. The molecule has 4 heteroatoms. The monoisotopic (exact) mass is 240 g/mol. The highest BCUT2D eigenvalue weighted by molar-refractivity contribution is 6.16. The molecule has 1 saturated carbocycles. The number of hydrogen-bond acceptors (Lipinski definition) is 3. The smallest absolute Gasteiger partial charge is 0.160 e. The number of alkyl halides is 1. The molecule has 1 aromatic rings. The van der Waals surface area contributed by atoms with E-state index in [-0.39, 0.29) is 5.60 Å². The second kappa shape index (κ2) is 4.68. The Hall–Kier alpha value is -0.670. The molecule has 1 aliphatic rings. The summed E-state index contributed by atoms with van der Waals surface area (Å²) in [5.41, 5.74) is 1.57. The van der Waals surface area contributed by atoms with E-state index in [2.05, 4.69) is 9.97 Å². The number of methoxy groups -OCH3 is 1. The molecule has 1 heterocycles. The molecular weight excluding hydrogens is 224 g/mol. The molecule has 3 nitrogen and oxygen atoms in total. The summed E-state index contributed by atoms with van der Waals surface area (Å²) in [5.74, 6) is 1.24. The first kappa shape index (κ1) is 11.8. The van der Waals surface area contributed by atoms with Gasteiger partial charge in [-0.15, -0.1) is 11.6 Å². The molecule has 0 unspecified atom stereocenters. The fraction of sp³-hybridized carbons (Fsp3) is 0.667. The molecule has 0 atom stereocenters. The average Bonchev–Trinajstić information content (AvgIpc) is 2.78. The van der Waals surface area contributed by atoms with Gasteiger partial charge in [-0.25, -0.2) is 9.97 Å². The van der Waals surface area contributed by atoms with Crippen LogP contribution in [0.4, 0.5) is 0 Å². The van der Waals surface area contributed by atoms with Crippen molar-refractivity contribution in [1.82, 2.24) is 9.97 Å². The molecule has 0 spiro atoms. The summed E-state index contributed by atoms with van der Waals surface area (Å²) in [6, 6.07) is 1.93. The summed E-state index contributed by atoms with van der Waals surface area (Å²) < 4.78 is 5.67. The molecule has 1 fully saturated rings. The summed E-state index contributed by atoms with van der Waals surface area (Å²) in [5, 5.41) is 0. The highest BCUT2D eigenvalue weighted by Crippen LogP contribution is 2.40. The Morgan fingerprint density at radius 3 is 2.62 bits per heavy atom. The minimum Gasteiger partial charge on any atom is -0.370 e. The van der Waals surface area contributed by atoms with Crippen molar-refractivity contribution in [3.63, 3.8) is 0 Å². The third-order valence-corrected chi connectivity index (χ3v) is 3.53. The summed E-state index contributed by atoms with van der Waals surface area (Å²) in [6.07, 6.45) is 4.38. The van der Waals surface area contributed by atoms with Crippen LogP contribution in [0.1, 0.15) is 42.9 Å². The molecule has 1 aromatic heterocycles. The van der Waals surface area contributed by atoms with Gasteiger partial charge in [-0.2, -0.15) is 0 Å². The Bertz CT molecular complexity index is 375. The van der Waals surface area contributed by atoms with Crippen LogP contribution < -0.4 is 0 Å². The van der Waals surface area contributed by atoms with Crippen LogP contribution in [0.3, 0.4) is 0 Å². The molecule has 2 rings (SSSR count). The van der Waals surface area contributed by atoms with Crippen LogP contribution in [0, 0.1) is 6.92 Å². The van der Waals surface area contributed by atoms with E-state index in [1.807, 2.05) is 13.0 Å². The van der Waals surface area contributed by atoms with Crippen molar-refractivity contribution in [1.29, 1.82) is 0 Å². The lowest BCUT2D eigenvalue weighted by Crippen LogP contribution is -2.28. The van der Waals surface area contributed by atoms with E-state index >= 15 is 0 Å². The van der Waals surface area contributed by atoms with Crippen LogP contribution in [-0.4, -0.2) is 17.1 Å². The van der Waals surface area contributed by atoms with Crippen LogP contribution in [-0.2, 0) is 16.2 Å². The molecule has 0 amide bonds. The first-order valence-electron chi connectivity index (χ1n) is 5.66. The van der Waals surface area contributed by atoms with Gasteiger partial charge < -0.3 is 4.74 Å². The molecule has 1 aliphatic carbocycles. The van der Waals surface area contributed by atoms with Crippen LogP contribution in [0.2, 0.25) is 0 Å². The maximum absolute atomic E-state index is 5.84. The van der Waals surface area contributed by atoms with Crippen molar-refractivity contribution in [2.75, 3.05) is 7.11 Å². The van der Waals surface area contributed by atoms with E-state index in [9.17, 15) is 0 Å². The predicted molar refractivity (Wildman–Crippen MR) is 63.5 cm³/mol. The van der Waals surface area contributed by atoms with Crippen LogP contribution in [0.5, 0.6) is 0 Å². The van der Waals surface area contributed by atoms with Gasteiger partial charge in [0.15, 0.2) is 5.82 Å². The van der Waals surface area contributed by atoms with Crippen LogP contribution >= 0.6 is 11.6 Å². The zero-order valence-electron chi connectivity index (χ0n) is 9.79. The molecular formula is C12H17ClN2O. The highest BCUT2D eigenvalue weighted by Gasteiger charge is 2.38. The number of halogens is 1. The molecule has 0 saturated heterocycles. The largest absolute Gasteiger partial charge is 0.370 e. The van der Waals surface area contributed by atoms with Gasteiger partial charge in [0.2, 0.25) is 0 Å². The van der Waals surface area contributed by atoms with E-state index < -0.39 is 0 Å². The maximum Gasteiger partial charge on any atom is 0.160 e. The third-order valence-electron chi connectivity index (χ3n) is 3.25. The summed E-state index contributed by atoms with van der Waals surface area (Å²) in [6.45, 7) is 1.97. The van der Waals surface area contributed by atoms with E-state index in [1.165, 1.54) is 12.8 Å². The molecule has 0 radical (unpaired) electrons. The maximum atomic E-state index is 5.84. The minimum atomic E-state index is -0.271. The quantitative estimate of drug-likeness (QED) is 0.762. The summed E-state index contributed by atoms with van der Waals surface area (Å²) >= 11 is 5.84. The lowest BCUT2D eigenvalue weighted by atomic mass is 10.0. The standard InChI is InChI=1S/C12H17ClN2O/c1-9-7-10(8-13)15-11(14-9)12(16-2)5-3-4-6-12/h7H,3-6,8H2,1-2H3. The molecule has 0 N–H and O–H groups in total. The fourth-order valence-corrected chi connectivity index (χ4v) is 2.51. The third kappa shape index (κ3) is 2.06. The van der Waals surface area contributed by atoms with Crippen molar-refractivity contribution in [2.45, 2.75) is 44.1 Å². The summed E-state index contributed by atoms with van der Waals surface area (Å²) in [7, 11) is 1.75. The van der Waals surface area contributed by atoms with E-state index in [4.69, 9.17) is 16.3 Å². The topological polar surface area (TPSA) is 35.0 Å². The second-order valence-corrected chi connectivity index (χ2v) is 4.63. The number of aromatic nitrogens is 2. The van der Waals surface area contributed by atoms with Gasteiger partial charge in [0, 0.05) is 12.8 Å². The number of ether oxygens (including phenoxy) is 1. The lowest BCUT2D eigenvalue weighted by molar-refractivity contribution is -0.0165. The van der Waals surface area contributed by atoms with Gasteiger partial charge in [-0.05, 0) is 38.7 Å². The average molecular weight is 241 g/mol. The van der Waals surface area contributed by atoms with E-state index in [1.54, 1.807) is 7.11 Å². The Labute approximate surface area is 101 Å². The second-order valence-electron chi connectivity index (χ2n) is 4.36. The number of nitrogens with zero attached hydrogens (tertiary/aromatic N) is 2. The van der Waals surface area contributed by atoms with Crippen molar-refractivity contribution in [3.05, 3.63) is 23.3 Å². The van der Waals surface area contributed by atoms with Crippen molar-refractivity contribution in [3.8, 4) is 0 Å². The lowest BCUT2D eigenvalue weighted by Gasteiger charge is -2.26. The zero-order valence-corrected chi connectivity index (χ0v) is 10.5. The molecule has 0 aromatic carbocycles. The predicted octanol–water partition coefficient (Wildman–Crippen LogP) is 2.94. The minimum absolute atomic E-state index is 0.271. The van der Waals surface area contributed by atoms with Gasteiger partial charge in [0.1, 0.15) is 5.60 Å². The fourth-order valence-electron chi connectivity index (χ4n) is 2.37. The molecule has 16 heavy (non-hydrogen) atoms. The SMILES string of the molecule is COC1(c2nc(C)cc(CCl)n2)CCCC1.